The Labute approximate surface area is 142 Å². The van der Waals surface area contributed by atoms with Crippen molar-refractivity contribution in [3.63, 3.8) is 0 Å². The van der Waals surface area contributed by atoms with Gasteiger partial charge in [-0.3, -0.25) is 0 Å². The number of hydrogen-bond acceptors (Lipinski definition) is 3. The maximum absolute atomic E-state index is 5.49. The van der Waals surface area contributed by atoms with Crippen LogP contribution in [-0.4, -0.2) is 24.7 Å². The minimum Gasteiger partial charge on any atom is -0.495 e. The van der Waals surface area contributed by atoms with Crippen LogP contribution in [0, 0.1) is 0 Å². The second kappa shape index (κ2) is 7.52. The van der Waals surface area contributed by atoms with E-state index in [9.17, 15) is 0 Å². The van der Waals surface area contributed by atoms with E-state index >= 15 is 0 Å². The minimum absolute atomic E-state index is 0.441. The van der Waals surface area contributed by atoms with Crippen molar-refractivity contribution in [3.8, 4) is 5.75 Å². The van der Waals surface area contributed by atoms with Crippen LogP contribution in [0.3, 0.4) is 0 Å². The van der Waals surface area contributed by atoms with Gasteiger partial charge in [-0.25, -0.2) is 0 Å². The Kier molecular flexibility index (Phi) is 6.26. The Balaban J connectivity index is 2.00. The summed E-state index contributed by atoms with van der Waals surface area (Å²) in [5, 5.41) is 3.62. The third-order valence-corrected chi connectivity index (χ3v) is 6.47. The van der Waals surface area contributed by atoms with Crippen molar-refractivity contribution in [2.45, 2.75) is 37.0 Å². The Morgan fingerprint density at radius 1 is 1.30 bits per heavy atom. The Hall–Kier alpha value is 0.290. The normalized spacial score (nSPS) is 17.4. The standard InChI is InChI=1S/C15H21Br2NOS/c1-19-14-11(7-12(16)8-13(14)17)9-18-10-15(20-2)5-3-4-6-15/h7-8,18H,3-6,9-10H2,1-2H3. The molecule has 0 amide bonds. The lowest BCUT2D eigenvalue weighted by Crippen LogP contribution is -2.34. The third-order valence-electron chi connectivity index (χ3n) is 4.00. The lowest BCUT2D eigenvalue weighted by molar-refractivity contribution is 0.404. The minimum atomic E-state index is 0.441. The van der Waals surface area contributed by atoms with Gasteiger partial charge in [0.1, 0.15) is 5.75 Å². The molecule has 0 spiro atoms. The lowest BCUT2D eigenvalue weighted by atomic mass is 10.1. The van der Waals surface area contributed by atoms with Gasteiger partial charge in [0.05, 0.1) is 11.6 Å². The molecule has 2 nitrogen and oxygen atoms in total. The predicted octanol–water partition coefficient (Wildman–Crippen LogP) is 4.99. The summed E-state index contributed by atoms with van der Waals surface area (Å²) in [5.74, 6) is 0.922. The van der Waals surface area contributed by atoms with Crippen molar-refractivity contribution in [2.24, 2.45) is 0 Å². The quantitative estimate of drug-likeness (QED) is 0.697. The number of thioether (sulfide) groups is 1. The molecular weight excluding hydrogens is 402 g/mol. The average molecular weight is 423 g/mol. The van der Waals surface area contributed by atoms with E-state index in [0.29, 0.717) is 4.75 Å². The molecule has 5 heteroatoms. The summed E-state index contributed by atoms with van der Waals surface area (Å²) in [6, 6.07) is 4.14. The molecule has 0 aromatic heterocycles. The molecule has 0 radical (unpaired) electrons. The van der Waals surface area contributed by atoms with E-state index < -0.39 is 0 Å². The van der Waals surface area contributed by atoms with E-state index in [2.05, 4.69) is 49.5 Å². The molecule has 0 saturated heterocycles. The molecule has 0 unspecified atom stereocenters. The Morgan fingerprint density at radius 2 is 2.00 bits per heavy atom. The zero-order valence-electron chi connectivity index (χ0n) is 12.0. The molecule has 0 heterocycles. The lowest BCUT2D eigenvalue weighted by Gasteiger charge is -2.27. The van der Waals surface area contributed by atoms with Crippen molar-refractivity contribution < 1.29 is 4.74 Å². The zero-order chi connectivity index (χ0) is 14.6. The first-order valence-electron chi connectivity index (χ1n) is 6.88. The van der Waals surface area contributed by atoms with Crippen LogP contribution in [0.25, 0.3) is 0 Å². The fourth-order valence-electron chi connectivity index (χ4n) is 2.87. The summed E-state index contributed by atoms with van der Waals surface area (Å²) in [5.41, 5.74) is 1.18. The van der Waals surface area contributed by atoms with Crippen LogP contribution in [0.15, 0.2) is 21.1 Å². The highest BCUT2D eigenvalue weighted by molar-refractivity contribution is 9.11. The highest BCUT2D eigenvalue weighted by Gasteiger charge is 2.32. The van der Waals surface area contributed by atoms with Gasteiger partial charge in [0, 0.05) is 27.9 Å². The van der Waals surface area contributed by atoms with Crippen LogP contribution in [0.5, 0.6) is 5.75 Å². The summed E-state index contributed by atoms with van der Waals surface area (Å²) >= 11 is 9.11. The molecule has 1 fully saturated rings. The van der Waals surface area contributed by atoms with E-state index in [0.717, 1.165) is 27.8 Å². The van der Waals surface area contributed by atoms with E-state index in [1.807, 2.05) is 17.8 Å². The van der Waals surface area contributed by atoms with Gasteiger partial charge in [-0.15, -0.1) is 0 Å². The van der Waals surface area contributed by atoms with Crippen LogP contribution < -0.4 is 10.1 Å². The highest BCUT2D eigenvalue weighted by Crippen LogP contribution is 2.40. The second-order valence-electron chi connectivity index (χ2n) is 5.28. The molecule has 1 N–H and O–H groups in total. The third kappa shape index (κ3) is 3.93. The van der Waals surface area contributed by atoms with Gasteiger partial charge >= 0.3 is 0 Å². The SMILES string of the molecule is COc1c(Br)cc(Br)cc1CNCC1(SC)CCCC1. The van der Waals surface area contributed by atoms with Crippen molar-refractivity contribution in [1.29, 1.82) is 0 Å². The average Bonchev–Trinajstić information content (AvgIpc) is 2.88. The van der Waals surface area contributed by atoms with Gasteiger partial charge in [0.15, 0.2) is 0 Å². The summed E-state index contributed by atoms with van der Waals surface area (Å²) < 4.78 is 8.00. The maximum Gasteiger partial charge on any atom is 0.137 e. The monoisotopic (exact) mass is 421 g/mol. The molecule has 1 aliphatic rings. The molecule has 1 saturated carbocycles. The Morgan fingerprint density at radius 3 is 2.60 bits per heavy atom. The molecule has 0 aliphatic heterocycles. The van der Waals surface area contributed by atoms with Crippen LogP contribution in [-0.2, 0) is 6.54 Å². The molecule has 112 valence electrons. The number of rotatable bonds is 6. The fraction of sp³-hybridized carbons (Fsp3) is 0.600. The van der Waals surface area contributed by atoms with Gasteiger partial charge in [-0.05, 0) is 47.2 Å². The summed E-state index contributed by atoms with van der Waals surface area (Å²) in [7, 11) is 1.72. The molecular formula is C15H21Br2NOS. The van der Waals surface area contributed by atoms with Crippen LogP contribution >= 0.6 is 43.6 Å². The second-order valence-corrected chi connectivity index (χ2v) is 8.32. The first-order chi connectivity index (χ1) is 9.60. The van der Waals surface area contributed by atoms with Crippen LogP contribution in [0.4, 0.5) is 0 Å². The number of benzene rings is 1. The largest absolute Gasteiger partial charge is 0.495 e. The number of halogens is 2. The van der Waals surface area contributed by atoms with Crippen molar-refractivity contribution in [2.75, 3.05) is 19.9 Å². The molecule has 1 aromatic carbocycles. The van der Waals surface area contributed by atoms with Gasteiger partial charge in [-0.1, -0.05) is 28.8 Å². The fourth-order valence-corrected chi connectivity index (χ4v) is 5.29. The van der Waals surface area contributed by atoms with Crippen molar-refractivity contribution >= 4 is 43.6 Å². The number of hydrogen-bond donors (Lipinski definition) is 1. The molecule has 0 atom stereocenters. The van der Waals surface area contributed by atoms with Gasteiger partial charge in [-0.2, -0.15) is 11.8 Å². The van der Waals surface area contributed by atoms with Crippen LogP contribution in [0.1, 0.15) is 31.2 Å². The van der Waals surface area contributed by atoms with Crippen molar-refractivity contribution in [1.82, 2.24) is 5.32 Å². The summed E-state index contributed by atoms with van der Waals surface area (Å²) in [6.45, 7) is 1.91. The number of nitrogens with one attached hydrogen (secondary N) is 1. The zero-order valence-corrected chi connectivity index (χ0v) is 16.0. The first-order valence-corrected chi connectivity index (χ1v) is 9.69. The molecule has 2 rings (SSSR count). The number of ether oxygens (including phenoxy) is 1. The van der Waals surface area contributed by atoms with Gasteiger partial charge < -0.3 is 10.1 Å². The molecule has 0 bridgehead atoms. The number of methoxy groups -OCH3 is 1. The predicted molar refractivity (Wildman–Crippen MR) is 94.8 cm³/mol. The maximum atomic E-state index is 5.49. The smallest absolute Gasteiger partial charge is 0.137 e. The summed E-state index contributed by atoms with van der Waals surface area (Å²) in [6.07, 6.45) is 7.65. The van der Waals surface area contributed by atoms with Gasteiger partial charge in [0.2, 0.25) is 0 Å². The van der Waals surface area contributed by atoms with E-state index in [4.69, 9.17) is 4.74 Å². The van der Waals surface area contributed by atoms with Crippen molar-refractivity contribution in [3.05, 3.63) is 26.6 Å². The van der Waals surface area contributed by atoms with Gasteiger partial charge in [0.25, 0.3) is 0 Å². The molecule has 1 aliphatic carbocycles. The van der Waals surface area contributed by atoms with E-state index in [-0.39, 0.29) is 0 Å². The van der Waals surface area contributed by atoms with E-state index in [1.54, 1.807) is 7.11 Å². The van der Waals surface area contributed by atoms with E-state index in [1.165, 1.54) is 31.2 Å². The highest BCUT2D eigenvalue weighted by atomic mass is 79.9. The Bertz CT molecular complexity index is 461. The summed E-state index contributed by atoms with van der Waals surface area (Å²) in [4.78, 5) is 0. The molecule has 20 heavy (non-hydrogen) atoms. The first kappa shape index (κ1) is 16.7. The topological polar surface area (TPSA) is 21.3 Å². The van der Waals surface area contributed by atoms with Crippen LogP contribution in [0.2, 0.25) is 0 Å². The molecule has 1 aromatic rings.